The molecule has 1 atom stereocenters. The van der Waals surface area contributed by atoms with Crippen molar-refractivity contribution in [2.75, 3.05) is 18.4 Å². The Morgan fingerprint density at radius 2 is 1.90 bits per heavy atom. The summed E-state index contributed by atoms with van der Waals surface area (Å²) in [6.07, 6.45) is 4.92. The molecule has 0 aliphatic carbocycles. The Morgan fingerprint density at radius 3 is 2.72 bits per heavy atom. The van der Waals surface area contributed by atoms with Gasteiger partial charge in [0.25, 0.3) is 0 Å². The number of nitrogens with one attached hydrogen (secondary N) is 1. The molecule has 1 fully saturated rings. The SMILES string of the molecule is O=S(=O)(c1ccc(Cl)cc1)N1CCC[C@@H](Nc2nccc(-c3c(-c4cc(O)ccc4O)nc4sccn34)n2)C1. The van der Waals surface area contributed by atoms with Gasteiger partial charge in [-0.1, -0.05) is 11.6 Å². The molecule has 0 bridgehead atoms. The number of piperidine rings is 1. The topological polar surface area (TPSA) is 133 Å². The van der Waals surface area contributed by atoms with Crippen LogP contribution in [0.3, 0.4) is 0 Å². The maximum atomic E-state index is 13.2. The highest BCUT2D eigenvalue weighted by atomic mass is 35.5. The Morgan fingerprint density at radius 1 is 1.08 bits per heavy atom. The van der Waals surface area contributed by atoms with E-state index in [1.807, 2.05) is 16.0 Å². The van der Waals surface area contributed by atoms with Crippen molar-refractivity contribution in [1.82, 2.24) is 23.7 Å². The number of anilines is 1. The second-order valence-corrected chi connectivity index (χ2v) is 12.4. The number of benzene rings is 2. The Bertz CT molecular complexity index is 1770. The predicted molar refractivity (Wildman–Crippen MR) is 150 cm³/mol. The molecule has 0 amide bonds. The number of imidazole rings is 1. The van der Waals surface area contributed by atoms with Crippen molar-refractivity contribution in [3.63, 3.8) is 0 Å². The Labute approximate surface area is 233 Å². The number of phenols is 2. The summed E-state index contributed by atoms with van der Waals surface area (Å²) in [5, 5.41) is 26.2. The first kappa shape index (κ1) is 25.6. The van der Waals surface area contributed by atoms with E-state index in [4.69, 9.17) is 16.6 Å². The normalized spacial score (nSPS) is 16.5. The van der Waals surface area contributed by atoms with Gasteiger partial charge in [-0.15, -0.1) is 11.3 Å². The highest BCUT2D eigenvalue weighted by Gasteiger charge is 2.31. The first-order valence-corrected chi connectivity index (χ1v) is 14.8. The summed E-state index contributed by atoms with van der Waals surface area (Å²) < 4.78 is 29.8. The molecule has 3 aromatic heterocycles. The lowest BCUT2D eigenvalue weighted by atomic mass is 10.1. The first-order valence-electron chi connectivity index (χ1n) is 12.1. The number of fused-ring (bicyclic) bond motifs is 1. The lowest BCUT2D eigenvalue weighted by Gasteiger charge is -2.32. The third kappa shape index (κ3) is 4.91. The van der Waals surface area contributed by atoms with Gasteiger partial charge < -0.3 is 15.5 Å². The minimum absolute atomic E-state index is 0.00514. The fourth-order valence-corrected chi connectivity index (χ4v) is 7.07. The molecule has 3 N–H and O–H groups in total. The molecule has 13 heteroatoms. The smallest absolute Gasteiger partial charge is 0.243 e. The summed E-state index contributed by atoms with van der Waals surface area (Å²) in [7, 11) is -3.67. The average Bonchev–Trinajstić information content (AvgIpc) is 3.52. The number of halogens is 1. The van der Waals surface area contributed by atoms with Crippen LogP contribution in [0.5, 0.6) is 11.5 Å². The lowest BCUT2D eigenvalue weighted by molar-refractivity contribution is 0.326. The Hall–Kier alpha value is -3.71. The van der Waals surface area contributed by atoms with Crippen molar-refractivity contribution in [1.29, 1.82) is 0 Å². The summed E-state index contributed by atoms with van der Waals surface area (Å²) in [6.45, 7) is 0.690. The van der Waals surface area contributed by atoms with Crippen molar-refractivity contribution in [3.8, 4) is 34.1 Å². The molecule has 5 aromatic rings. The number of rotatable bonds is 6. The van der Waals surface area contributed by atoms with Crippen LogP contribution in [-0.4, -0.2) is 61.4 Å². The van der Waals surface area contributed by atoms with Gasteiger partial charge >= 0.3 is 0 Å². The van der Waals surface area contributed by atoms with E-state index in [9.17, 15) is 18.6 Å². The monoisotopic (exact) mass is 582 g/mol. The van der Waals surface area contributed by atoms with E-state index in [0.29, 0.717) is 51.5 Å². The summed E-state index contributed by atoms with van der Waals surface area (Å²) in [6, 6.07) is 12.0. The van der Waals surface area contributed by atoms with Crippen molar-refractivity contribution in [3.05, 3.63) is 71.3 Å². The van der Waals surface area contributed by atoms with E-state index < -0.39 is 10.0 Å². The number of nitrogens with zero attached hydrogens (tertiary/aromatic N) is 5. The van der Waals surface area contributed by atoms with E-state index in [1.54, 1.807) is 24.4 Å². The number of thiazole rings is 1. The Kier molecular flexibility index (Phi) is 6.63. The molecule has 1 aliphatic heterocycles. The predicted octanol–water partition coefficient (Wildman–Crippen LogP) is 4.85. The van der Waals surface area contributed by atoms with Gasteiger partial charge in [0.1, 0.15) is 22.9 Å². The van der Waals surface area contributed by atoms with E-state index in [-0.39, 0.29) is 29.0 Å². The van der Waals surface area contributed by atoms with Gasteiger partial charge in [0.2, 0.25) is 16.0 Å². The number of aromatic hydroxyl groups is 2. The van der Waals surface area contributed by atoms with Gasteiger partial charge in [-0.3, -0.25) is 4.40 Å². The van der Waals surface area contributed by atoms with Gasteiger partial charge in [-0.2, -0.15) is 4.31 Å². The zero-order chi connectivity index (χ0) is 27.1. The fourth-order valence-electron chi connectivity index (χ4n) is 4.71. The van der Waals surface area contributed by atoms with Crippen molar-refractivity contribution >= 4 is 43.9 Å². The maximum absolute atomic E-state index is 13.2. The van der Waals surface area contributed by atoms with Crippen LogP contribution in [-0.2, 0) is 10.0 Å². The number of phenolic OH excluding ortho intramolecular Hbond substituents is 2. The minimum Gasteiger partial charge on any atom is -0.508 e. The summed E-state index contributed by atoms with van der Waals surface area (Å²) >= 11 is 7.37. The van der Waals surface area contributed by atoms with Crippen LogP contribution in [0.4, 0.5) is 5.95 Å². The highest BCUT2D eigenvalue weighted by Crippen LogP contribution is 2.39. The molecule has 39 heavy (non-hydrogen) atoms. The molecule has 0 unspecified atom stereocenters. The number of sulfonamides is 1. The quantitative estimate of drug-likeness (QED) is 0.242. The molecule has 10 nitrogen and oxygen atoms in total. The van der Waals surface area contributed by atoms with Crippen LogP contribution in [0.2, 0.25) is 5.02 Å². The molecular formula is C26H23ClN6O4S2. The van der Waals surface area contributed by atoms with E-state index >= 15 is 0 Å². The fraction of sp³-hybridized carbons (Fsp3) is 0.192. The molecule has 0 radical (unpaired) electrons. The first-order chi connectivity index (χ1) is 18.8. The molecule has 200 valence electrons. The second kappa shape index (κ2) is 10.1. The van der Waals surface area contributed by atoms with Crippen LogP contribution in [0.1, 0.15) is 12.8 Å². The van der Waals surface area contributed by atoms with Gasteiger partial charge in [-0.25, -0.2) is 23.4 Å². The Balaban J connectivity index is 1.29. The van der Waals surface area contributed by atoms with Crippen LogP contribution in [0, 0.1) is 0 Å². The van der Waals surface area contributed by atoms with Crippen LogP contribution in [0.15, 0.2) is 71.2 Å². The number of hydrogen-bond acceptors (Lipinski definition) is 9. The van der Waals surface area contributed by atoms with Crippen molar-refractivity contribution < 1.29 is 18.6 Å². The van der Waals surface area contributed by atoms with Gasteiger partial charge in [0.05, 0.1) is 10.6 Å². The molecule has 4 heterocycles. The molecule has 2 aromatic carbocycles. The average molecular weight is 583 g/mol. The van der Waals surface area contributed by atoms with E-state index in [1.165, 1.54) is 46.0 Å². The van der Waals surface area contributed by atoms with Gasteiger partial charge in [0, 0.05) is 47.5 Å². The molecule has 6 rings (SSSR count). The zero-order valence-corrected chi connectivity index (χ0v) is 22.8. The van der Waals surface area contributed by atoms with Gasteiger partial charge in [-0.05, 0) is 61.4 Å². The maximum Gasteiger partial charge on any atom is 0.243 e. The lowest BCUT2D eigenvalue weighted by Crippen LogP contribution is -2.45. The standard InChI is InChI=1S/C26H23ClN6O4S2/c27-16-3-6-19(7-4-16)39(36,37)32-11-1-2-17(15-32)29-25-28-10-9-21(30-25)24-23(31-26-33(24)12-13-38-26)20-14-18(34)5-8-22(20)35/h3-10,12-14,17,34-35H,1-2,11,15H2,(H,28,29,30)/t17-/m1/s1. The molecule has 1 aliphatic rings. The van der Waals surface area contributed by atoms with Crippen molar-refractivity contribution in [2.45, 2.75) is 23.8 Å². The summed E-state index contributed by atoms with van der Waals surface area (Å²) in [5.74, 6) is 0.335. The van der Waals surface area contributed by atoms with E-state index in [2.05, 4.69) is 15.3 Å². The minimum atomic E-state index is -3.67. The van der Waals surface area contributed by atoms with Crippen molar-refractivity contribution in [2.24, 2.45) is 0 Å². The number of aromatic nitrogens is 4. The largest absolute Gasteiger partial charge is 0.508 e. The second-order valence-electron chi connectivity index (χ2n) is 9.13. The van der Waals surface area contributed by atoms with Crippen LogP contribution >= 0.6 is 22.9 Å². The molecule has 1 saturated heterocycles. The summed E-state index contributed by atoms with van der Waals surface area (Å²) in [5.41, 5.74) is 2.04. The third-order valence-corrected chi connectivity index (χ3v) is 9.45. The van der Waals surface area contributed by atoms with Crippen LogP contribution < -0.4 is 5.32 Å². The molecule has 0 saturated carbocycles. The van der Waals surface area contributed by atoms with E-state index in [0.717, 1.165) is 6.42 Å². The highest BCUT2D eigenvalue weighted by molar-refractivity contribution is 7.89. The van der Waals surface area contributed by atoms with Gasteiger partial charge in [0.15, 0.2) is 4.96 Å². The van der Waals surface area contributed by atoms with Crippen LogP contribution in [0.25, 0.3) is 27.6 Å². The number of hydrogen-bond donors (Lipinski definition) is 3. The zero-order valence-electron chi connectivity index (χ0n) is 20.4. The molecule has 0 spiro atoms. The molecular weight excluding hydrogens is 560 g/mol. The summed E-state index contributed by atoms with van der Waals surface area (Å²) in [4.78, 5) is 14.7. The third-order valence-electron chi connectivity index (χ3n) is 6.56.